The number of benzene rings is 2. The van der Waals surface area contributed by atoms with Crippen molar-refractivity contribution < 1.29 is 4.74 Å². The molecule has 2 aliphatic rings. The Bertz CT molecular complexity index is 1370. The third-order valence-electron chi connectivity index (χ3n) is 7.04. The van der Waals surface area contributed by atoms with Crippen LogP contribution in [0.1, 0.15) is 54.7 Å². The lowest BCUT2D eigenvalue weighted by molar-refractivity contribution is 0.415. The van der Waals surface area contributed by atoms with Crippen molar-refractivity contribution in [1.29, 1.82) is 0 Å². The molecule has 4 aromatic rings. The standard InChI is InChI=1S/C25H26N6O2/c1-33-19-11-10-17-14-20(25(32)26-21(17)15-19)23(30-13-12-16-6-2-5-9-22(16)30)24-27-28-29-31(24)18-7-3-4-8-18/h2,5-6,9-11,14-15,18,23H,3-4,7-8,12-13H2,1H3,(H,26,32). The van der Waals surface area contributed by atoms with Gasteiger partial charge in [0.05, 0.1) is 18.7 Å². The molecule has 168 valence electrons. The summed E-state index contributed by atoms with van der Waals surface area (Å²) in [5.41, 5.74) is 3.69. The molecular weight excluding hydrogens is 416 g/mol. The van der Waals surface area contributed by atoms with Gasteiger partial charge in [0.15, 0.2) is 5.82 Å². The first kappa shape index (κ1) is 20.0. The van der Waals surface area contributed by atoms with Crippen molar-refractivity contribution in [1.82, 2.24) is 25.2 Å². The van der Waals surface area contributed by atoms with Crippen molar-refractivity contribution >= 4 is 16.6 Å². The SMILES string of the molecule is COc1ccc2cc(C(c3nnnn3C3CCCC3)N3CCc4ccccc43)c(=O)[nH]c2c1. The van der Waals surface area contributed by atoms with E-state index in [1.54, 1.807) is 7.11 Å². The van der Waals surface area contributed by atoms with Crippen LogP contribution in [0.2, 0.25) is 0 Å². The number of nitrogens with one attached hydrogen (secondary N) is 1. The van der Waals surface area contributed by atoms with Gasteiger partial charge in [-0.05, 0) is 64.9 Å². The highest BCUT2D eigenvalue weighted by atomic mass is 16.5. The molecule has 1 saturated carbocycles. The number of rotatable bonds is 5. The lowest BCUT2D eigenvalue weighted by Gasteiger charge is -2.30. The van der Waals surface area contributed by atoms with Crippen molar-refractivity contribution in [2.45, 2.75) is 44.2 Å². The summed E-state index contributed by atoms with van der Waals surface area (Å²) in [6.07, 6.45) is 5.42. The fraction of sp³-hybridized carbons (Fsp3) is 0.360. The zero-order valence-corrected chi connectivity index (χ0v) is 18.6. The van der Waals surface area contributed by atoms with Gasteiger partial charge >= 0.3 is 0 Å². The van der Waals surface area contributed by atoms with E-state index in [4.69, 9.17) is 4.74 Å². The maximum Gasteiger partial charge on any atom is 0.254 e. The second-order valence-electron chi connectivity index (χ2n) is 8.90. The van der Waals surface area contributed by atoms with Crippen molar-refractivity contribution in [2.24, 2.45) is 0 Å². The van der Waals surface area contributed by atoms with Crippen LogP contribution in [0, 0.1) is 0 Å². The van der Waals surface area contributed by atoms with Crippen molar-refractivity contribution in [2.75, 3.05) is 18.6 Å². The van der Waals surface area contributed by atoms with Crippen LogP contribution in [-0.4, -0.2) is 38.8 Å². The molecule has 1 atom stereocenters. The van der Waals surface area contributed by atoms with E-state index in [2.05, 4.69) is 43.6 Å². The topological polar surface area (TPSA) is 88.9 Å². The molecule has 1 aliphatic heterocycles. The third-order valence-corrected chi connectivity index (χ3v) is 7.04. The molecule has 33 heavy (non-hydrogen) atoms. The second-order valence-corrected chi connectivity index (χ2v) is 8.90. The summed E-state index contributed by atoms with van der Waals surface area (Å²) in [5.74, 6) is 1.44. The summed E-state index contributed by atoms with van der Waals surface area (Å²) in [6.45, 7) is 0.807. The molecule has 3 heterocycles. The van der Waals surface area contributed by atoms with E-state index in [0.717, 1.165) is 48.2 Å². The highest BCUT2D eigenvalue weighted by Gasteiger charge is 2.36. The van der Waals surface area contributed by atoms with Crippen molar-refractivity contribution in [3.05, 3.63) is 75.8 Å². The van der Waals surface area contributed by atoms with Gasteiger partial charge in [0.1, 0.15) is 11.8 Å². The Balaban J connectivity index is 1.54. The van der Waals surface area contributed by atoms with Gasteiger partial charge in [-0.15, -0.1) is 5.10 Å². The van der Waals surface area contributed by atoms with E-state index >= 15 is 0 Å². The van der Waals surface area contributed by atoms with Crippen molar-refractivity contribution in [3.8, 4) is 5.75 Å². The molecule has 0 bridgehead atoms. The van der Waals surface area contributed by atoms with Crippen LogP contribution >= 0.6 is 0 Å². The number of aromatic amines is 1. The van der Waals surface area contributed by atoms with E-state index in [9.17, 15) is 4.79 Å². The number of nitrogens with zero attached hydrogens (tertiary/aromatic N) is 5. The first-order valence-electron chi connectivity index (χ1n) is 11.6. The Morgan fingerprint density at radius 3 is 2.82 bits per heavy atom. The Morgan fingerprint density at radius 2 is 1.97 bits per heavy atom. The molecule has 0 amide bonds. The molecule has 0 saturated heterocycles. The number of H-pyrrole nitrogens is 1. The van der Waals surface area contributed by atoms with Crippen LogP contribution in [0.4, 0.5) is 5.69 Å². The number of fused-ring (bicyclic) bond motifs is 2. The molecule has 0 spiro atoms. The Kier molecular flexibility index (Phi) is 4.86. The molecule has 1 aliphatic carbocycles. The number of methoxy groups -OCH3 is 1. The Morgan fingerprint density at radius 1 is 1.12 bits per heavy atom. The summed E-state index contributed by atoms with van der Waals surface area (Å²) >= 11 is 0. The van der Waals surface area contributed by atoms with E-state index in [1.165, 1.54) is 18.4 Å². The molecule has 1 N–H and O–H groups in total. The predicted molar refractivity (Wildman–Crippen MR) is 126 cm³/mol. The molecule has 0 radical (unpaired) electrons. The van der Waals surface area contributed by atoms with Gasteiger partial charge in [-0.1, -0.05) is 31.0 Å². The number of hydrogen-bond donors (Lipinski definition) is 1. The predicted octanol–water partition coefficient (Wildman–Crippen LogP) is 3.79. The zero-order valence-electron chi connectivity index (χ0n) is 18.6. The van der Waals surface area contributed by atoms with Gasteiger partial charge in [0.25, 0.3) is 5.56 Å². The van der Waals surface area contributed by atoms with Crippen LogP contribution in [0.5, 0.6) is 5.75 Å². The largest absolute Gasteiger partial charge is 0.497 e. The zero-order chi connectivity index (χ0) is 22.4. The quantitative estimate of drug-likeness (QED) is 0.506. The summed E-state index contributed by atoms with van der Waals surface area (Å²) in [5, 5.41) is 13.9. The maximum absolute atomic E-state index is 13.5. The number of pyridine rings is 1. The third kappa shape index (κ3) is 3.37. The number of hydrogen-bond acceptors (Lipinski definition) is 6. The fourth-order valence-corrected chi connectivity index (χ4v) is 5.39. The fourth-order valence-electron chi connectivity index (χ4n) is 5.39. The van der Waals surface area contributed by atoms with Crippen LogP contribution in [-0.2, 0) is 6.42 Å². The normalized spacial score (nSPS) is 16.9. The summed E-state index contributed by atoms with van der Waals surface area (Å²) < 4.78 is 7.30. The van der Waals surface area contributed by atoms with Gasteiger partial charge in [-0.2, -0.15) is 0 Å². The average Bonchev–Trinajstić information content (AvgIpc) is 3.60. The average molecular weight is 443 g/mol. The molecule has 2 aromatic heterocycles. The molecule has 8 nitrogen and oxygen atoms in total. The first-order chi connectivity index (χ1) is 16.2. The highest BCUT2D eigenvalue weighted by Crippen LogP contribution is 2.39. The minimum Gasteiger partial charge on any atom is -0.497 e. The van der Waals surface area contributed by atoms with Gasteiger partial charge < -0.3 is 14.6 Å². The van der Waals surface area contributed by atoms with Crippen molar-refractivity contribution in [3.63, 3.8) is 0 Å². The lowest BCUT2D eigenvalue weighted by Crippen LogP contribution is -2.34. The summed E-state index contributed by atoms with van der Waals surface area (Å²) in [6, 6.07) is 16.0. The van der Waals surface area contributed by atoms with E-state index in [0.29, 0.717) is 11.3 Å². The maximum atomic E-state index is 13.5. The highest BCUT2D eigenvalue weighted by molar-refractivity contribution is 5.81. The molecule has 8 heteroatoms. The number of para-hydroxylation sites is 1. The molecule has 2 aromatic carbocycles. The number of anilines is 1. The van der Waals surface area contributed by atoms with E-state index < -0.39 is 0 Å². The van der Waals surface area contributed by atoms with Crippen LogP contribution in [0.15, 0.2) is 53.3 Å². The van der Waals surface area contributed by atoms with Gasteiger partial charge in [0, 0.05) is 23.9 Å². The number of aromatic nitrogens is 5. The molecule has 1 fully saturated rings. The minimum atomic E-state index is -0.375. The lowest BCUT2D eigenvalue weighted by atomic mass is 10.0. The van der Waals surface area contributed by atoms with E-state index in [1.807, 2.05) is 35.0 Å². The van der Waals surface area contributed by atoms with Crippen LogP contribution < -0.4 is 15.2 Å². The second kappa shape index (κ2) is 8.03. The molecule has 1 unspecified atom stereocenters. The van der Waals surface area contributed by atoms with Crippen LogP contribution in [0.3, 0.4) is 0 Å². The van der Waals surface area contributed by atoms with Gasteiger partial charge in [0.2, 0.25) is 0 Å². The van der Waals surface area contributed by atoms with Gasteiger partial charge in [-0.3, -0.25) is 4.79 Å². The van der Waals surface area contributed by atoms with Crippen LogP contribution in [0.25, 0.3) is 10.9 Å². The monoisotopic (exact) mass is 442 g/mol. The molecular formula is C25H26N6O2. The Labute approximate surface area is 191 Å². The number of tetrazole rings is 1. The smallest absolute Gasteiger partial charge is 0.254 e. The van der Waals surface area contributed by atoms with E-state index in [-0.39, 0.29) is 17.6 Å². The Hall–Kier alpha value is -3.68. The van der Waals surface area contributed by atoms with Gasteiger partial charge in [-0.25, -0.2) is 4.68 Å². The number of ether oxygens (including phenoxy) is 1. The summed E-state index contributed by atoms with van der Waals surface area (Å²) in [4.78, 5) is 18.8. The first-order valence-corrected chi connectivity index (χ1v) is 11.6. The minimum absolute atomic E-state index is 0.133. The molecule has 6 rings (SSSR count). The summed E-state index contributed by atoms with van der Waals surface area (Å²) in [7, 11) is 1.62.